The van der Waals surface area contributed by atoms with Crippen molar-refractivity contribution in [3.63, 3.8) is 0 Å². The van der Waals surface area contributed by atoms with Crippen molar-refractivity contribution in [1.82, 2.24) is 14.5 Å². The van der Waals surface area contributed by atoms with Gasteiger partial charge in [0, 0.05) is 47.7 Å². The first-order chi connectivity index (χ1) is 16.3. The molecular weight excluding hydrogens is 458 g/mol. The number of rotatable bonds is 7. The first-order valence-electron chi connectivity index (χ1n) is 10.5. The fourth-order valence-electron chi connectivity index (χ4n) is 3.79. The van der Waals surface area contributed by atoms with Gasteiger partial charge in [0.1, 0.15) is 12.1 Å². The van der Waals surface area contributed by atoms with Crippen LogP contribution in [0, 0.1) is 17.9 Å². The molecule has 4 N–H and O–H groups in total. The monoisotopic (exact) mass is 481 g/mol. The van der Waals surface area contributed by atoms with Crippen molar-refractivity contribution in [1.29, 1.82) is 0 Å². The van der Waals surface area contributed by atoms with Crippen LogP contribution in [-0.4, -0.2) is 52.6 Å². The number of aliphatic hydroxyl groups excluding tert-OH is 1. The third kappa shape index (κ3) is 6.06. The quantitative estimate of drug-likeness (QED) is 0.336. The molecule has 1 saturated carbocycles. The molecule has 2 aromatic heterocycles. The zero-order valence-electron chi connectivity index (χ0n) is 18.0. The van der Waals surface area contributed by atoms with Crippen LogP contribution in [0.2, 0.25) is 0 Å². The standard InChI is InChI=1S/C23H23N5O5S/c24-34(31,32)33-14-18-10-19(11-21(18)29)27-23-20(12-25-15-26-23)22(30)17-7-9-28(13-17)8-6-16-4-2-1-3-5-16/h1-5,7,9,12-13,15,18-19,21,29H,10-11,14H2,(H2,24,31,32)(H,25,26,27)/t18-,19-,21+/m1/s1. The van der Waals surface area contributed by atoms with Gasteiger partial charge in [-0.3, -0.25) is 13.5 Å². The average molecular weight is 482 g/mol. The maximum absolute atomic E-state index is 13.1. The summed E-state index contributed by atoms with van der Waals surface area (Å²) in [7, 11) is -4.09. The molecule has 34 heavy (non-hydrogen) atoms. The van der Waals surface area contributed by atoms with E-state index in [-0.39, 0.29) is 24.0 Å². The van der Waals surface area contributed by atoms with Crippen molar-refractivity contribution in [3.8, 4) is 12.0 Å². The number of nitrogens with zero attached hydrogens (tertiary/aromatic N) is 3. The molecule has 2 heterocycles. The van der Waals surface area contributed by atoms with E-state index in [2.05, 4.69) is 31.4 Å². The van der Waals surface area contributed by atoms with E-state index < -0.39 is 22.3 Å². The van der Waals surface area contributed by atoms with Gasteiger partial charge in [0.2, 0.25) is 0 Å². The summed E-state index contributed by atoms with van der Waals surface area (Å²) < 4.78 is 28.3. The van der Waals surface area contributed by atoms with Crippen LogP contribution in [0.4, 0.5) is 5.82 Å². The predicted octanol–water partition coefficient (Wildman–Crippen LogP) is 1.14. The van der Waals surface area contributed by atoms with E-state index in [0.717, 1.165) is 5.56 Å². The van der Waals surface area contributed by atoms with Crippen LogP contribution >= 0.6 is 0 Å². The highest BCUT2D eigenvalue weighted by atomic mass is 32.2. The minimum Gasteiger partial charge on any atom is -0.393 e. The van der Waals surface area contributed by atoms with E-state index in [0.29, 0.717) is 24.2 Å². The van der Waals surface area contributed by atoms with Crippen LogP contribution in [0.25, 0.3) is 0 Å². The number of nitrogens with two attached hydrogens (primary N) is 1. The molecule has 11 heteroatoms. The normalized spacial score (nSPS) is 19.9. The van der Waals surface area contributed by atoms with E-state index >= 15 is 0 Å². The third-order valence-electron chi connectivity index (χ3n) is 5.46. The van der Waals surface area contributed by atoms with Gasteiger partial charge in [0.05, 0.1) is 18.3 Å². The topological polar surface area (TPSA) is 149 Å². The Bertz CT molecular complexity index is 1330. The highest BCUT2D eigenvalue weighted by Gasteiger charge is 2.34. The lowest BCUT2D eigenvalue weighted by Crippen LogP contribution is -2.24. The summed E-state index contributed by atoms with van der Waals surface area (Å²) in [6.45, 7) is -0.217. The van der Waals surface area contributed by atoms with Crippen LogP contribution in [0.5, 0.6) is 0 Å². The van der Waals surface area contributed by atoms with Crippen LogP contribution in [0.1, 0.15) is 34.3 Å². The number of carbonyl (C=O) groups is 1. The lowest BCUT2D eigenvalue weighted by Gasteiger charge is -2.15. The number of aromatic nitrogens is 3. The number of benzene rings is 1. The molecule has 10 nitrogen and oxygen atoms in total. The zero-order chi connectivity index (χ0) is 24.1. The SMILES string of the molecule is NS(=O)(=O)OC[C@H]1C[C@@H](Nc2ncncc2C(=O)c2ccn(C#Cc3ccccc3)c2)C[C@@H]1O. The Morgan fingerprint density at radius 1 is 1.26 bits per heavy atom. The Hall–Kier alpha value is -3.56. The number of ketones is 1. The molecule has 0 bridgehead atoms. The van der Waals surface area contributed by atoms with Gasteiger partial charge in [-0.1, -0.05) is 18.2 Å². The Kier molecular flexibility index (Phi) is 7.04. The van der Waals surface area contributed by atoms with Gasteiger partial charge in [-0.25, -0.2) is 15.1 Å². The smallest absolute Gasteiger partial charge is 0.333 e. The van der Waals surface area contributed by atoms with Crippen molar-refractivity contribution >= 4 is 21.9 Å². The van der Waals surface area contributed by atoms with Gasteiger partial charge in [-0.2, -0.15) is 8.42 Å². The largest absolute Gasteiger partial charge is 0.393 e. The number of aliphatic hydroxyl groups is 1. The Labute approximate surface area is 197 Å². The van der Waals surface area contributed by atoms with Crippen LogP contribution in [0.3, 0.4) is 0 Å². The maximum Gasteiger partial charge on any atom is 0.333 e. The number of carbonyl (C=O) groups excluding carboxylic acids is 1. The van der Waals surface area contributed by atoms with Gasteiger partial charge in [0.25, 0.3) is 0 Å². The van der Waals surface area contributed by atoms with Gasteiger partial charge in [-0.05, 0) is 37.0 Å². The van der Waals surface area contributed by atoms with E-state index in [4.69, 9.17) is 5.14 Å². The second-order valence-electron chi connectivity index (χ2n) is 7.94. The summed E-state index contributed by atoms with van der Waals surface area (Å²) in [4.78, 5) is 21.3. The summed E-state index contributed by atoms with van der Waals surface area (Å²) in [6.07, 6.45) is 6.05. The molecule has 3 aromatic rings. The summed E-state index contributed by atoms with van der Waals surface area (Å²) >= 11 is 0. The molecule has 0 unspecified atom stereocenters. The zero-order valence-corrected chi connectivity index (χ0v) is 18.9. The lowest BCUT2D eigenvalue weighted by atomic mass is 10.1. The summed E-state index contributed by atoms with van der Waals surface area (Å²) in [5, 5.41) is 18.3. The first-order valence-corrected chi connectivity index (χ1v) is 12.0. The molecule has 176 valence electrons. The molecule has 1 aliphatic carbocycles. The van der Waals surface area contributed by atoms with E-state index in [1.807, 2.05) is 30.3 Å². The second kappa shape index (κ2) is 10.1. The summed E-state index contributed by atoms with van der Waals surface area (Å²) in [5.74, 6) is 2.65. The second-order valence-corrected chi connectivity index (χ2v) is 9.16. The highest BCUT2D eigenvalue weighted by Crippen LogP contribution is 2.30. The van der Waals surface area contributed by atoms with Gasteiger partial charge in [-0.15, -0.1) is 0 Å². The fourth-order valence-corrected chi connectivity index (χ4v) is 4.16. The molecule has 1 aliphatic rings. The molecule has 0 aliphatic heterocycles. The Balaban J connectivity index is 1.45. The summed E-state index contributed by atoms with van der Waals surface area (Å²) in [5.41, 5.74) is 1.56. The minimum absolute atomic E-state index is 0.217. The lowest BCUT2D eigenvalue weighted by molar-refractivity contribution is 0.101. The van der Waals surface area contributed by atoms with Crippen molar-refractivity contribution in [2.45, 2.75) is 25.0 Å². The Morgan fingerprint density at radius 3 is 2.82 bits per heavy atom. The molecule has 1 aromatic carbocycles. The van der Waals surface area contributed by atoms with E-state index in [1.54, 1.807) is 23.0 Å². The van der Waals surface area contributed by atoms with Gasteiger partial charge < -0.3 is 10.4 Å². The van der Waals surface area contributed by atoms with Gasteiger partial charge >= 0.3 is 10.3 Å². The van der Waals surface area contributed by atoms with E-state index in [9.17, 15) is 18.3 Å². The Morgan fingerprint density at radius 2 is 2.06 bits per heavy atom. The first kappa shape index (κ1) is 23.6. The fraction of sp³-hybridized carbons (Fsp3) is 0.261. The molecule has 4 rings (SSSR count). The highest BCUT2D eigenvalue weighted by molar-refractivity contribution is 7.84. The van der Waals surface area contributed by atoms with Crippen molar-refractivity contribution < 1.29 is 22.5 Å². The van der Waals surface area contributed by atoms with Crippen LogP contribution in [-0.2, 0) is 14.5 Å². The number of hydrogen-bond donors (Lipinski definition) is 3. The van der Waals surface area contributed by atoms with Crippen LogP contribution in [0.15, 0.2) is 61.3 Å². The molecule has 0 spiro atoms. The molecular formula is C23H23N5O5S. The number of hydrogen-bond acceptors (Lipinski definition) is 8. The third-order valence-corrected chi connectivity index (χ3v) is 5.92. The molecule has 1 fully saturated rings. The molecule has 3 atom stereocenters. The molecule has 0 amide bonds. The number of anilines is 1. The predicted molar refractivity (Wildman–Crippen MR) is 124 cm³/mol. The minimum atomic E-state index is -4.09. The van der Waals surface area contributed by atoms with Crippen molar-refractivity contribution in [2.24, 2.45) is 11.1 Å². The molecule has 0 radical (unpaired) electrons. The number of nitrogens with one attached hydrogen (secondary N) is 1. The maximum atomic E-state index is 13.1. The molecule has 0 saturated heterocycles. The average Bonchev–Trinajstić information content (AvgIpc) is 3.43. The van der Waals surface area contributed by atoms with E-state index in [1.165, 1.54) is 12.5 Å². The summed E-state index contributed by atoms with van der Waals surface area (Å²) in [6, 6.07) is 13.9. The van der Waals surface area contributed by atoms with Crippen molar-refractivity contribution in [3.05, 3.63) is 78.0 Å². The van der Waals surface area contributed by atoms with Crippen molar-refractivity contribution in [2.75, 3.05) is 11.9 Å². The van der Waals surface area contributed by atoms with Gasteiger partial charge in [0.15, 0.2) is 5.78 Å². The van der Waals surface area contributed by atoms with Crippen LogP contribution < -0.4 is 10.5 Å².